The van der Waals surface area contributed by atoms with Crippen molar-refractivity contribution in [1.29, 1.82) is 0 Å². The van der Waals surface area contributed by atoms with E-state index in [2.05, 4.69) is 19.2 Å². The van der Waals surface area contributed by atoms with Crippen molar-refractivity contribution in [2.24, 2.45) is 11.7 Å². The van der Waals surface area contributed by atoms with E-state index < -0.39 is 0 Å². The van der Waals surface area contributed by atoms with E-state index in [9.17, 15) is 0 Å². The highest BCUT2D eigenvalue weighted by molar-refractivity contribution is 4.91. The number of nitrogens with zero attached hydrogens (tertiary/aromatic N) is 1. The Morgan fingerprint density at radius 2 is 1.75 bits per heavy atom. The van der Waals surface area contributed by atoms with Crippen LogP contribution in [0.25, 0.3) is 0 Å². The molecule has 1 aliphatic rings. The Morgan fingerprint density at radius 1 is 1.25 bits per heavy atom. The second-order valence-electron chi connectivity index (χ2n) is 3.89. The van der Waals surface area contributed by atoms with Gasteiger partial charge in [0.2, 0.25) is 0 Å². The van der Waals surface area contributed by atoms with Gasteiger partial charge in [-0.05, 0) is 31.6 Å². The van der Waals surface area contributed by atoms with E-state index in [-0.39, 0.29) is 5.54 Å². The monoisotopic (exact) mass is 169 g/mol. The lowest BCUT2D eigenvalue weighted by Gasteiger charge is -2.38. The number of nitrogens with two attached hydrogens (primary N) is 1. The van der Waals surface area contributed by atoms with Crippen molar-refractivity contribution >= 4 is 0 Å². The van der Waals surface area contributed by atoms with E-state index in [0.717, 1.165) is 25.9 Å². The molecule has 0 aromatic carbocycles. The van der Waals surface area contributed by atoms with Gasteiger partial charge in [-0.25, -0.2) is 5.32 Å². The third-order valence-corrected chi connectivity index (χ3v) is 3.40. The lowest BCUT2D eigenvalue weighted by molar-refractivity contribution is 0.199. The smallest absolute Gasteiger partial charge is 0.0178 e. The number of hydrogen-bond acceptors (Lipinski definition) is 1. The average molecular weight is 169 g/mol. The molecule has 2 heteroatoms. The van der Waals surface area contributed by atoms with Crippen molar-refractivity contribution < 1.29 is 0 Å². The molecular weight excluding hydrogens is 148 g/mol. The Labute approximate surface area is 75.9 Å². The molecule has 1 rings (SSSR count). The molecule has 0 amide bonds. The summed E-state index contributed by atoms with van der Waals surface area (Å²) >= 11 is 0. The number of piperidine rings is 1. The zero-order chi connectivity index (χ0) is 9.03. The Hall–Kier alpha value is -0.0800. The highest BCUT2D eigenvalue weighted by Gasteiger charge is 2.32. The minimum absolute atomic E-state index is 0.0932. The quantitative estimate of drug-likeness (QED) is 0.683. The van der Waals surface area contributed by atoms with Crippen molar-refractivity contribution in [1.82, 2.24) is 5.32 Å². The van der Waals surface area contributed by atoms with Crippen LogP contribution in [0.1, 0.15) is 39.5 Å². The maximum absolute atomic E-state index is 6.33. The molecular formula is C10H21N2. The van der Waals surface area contributed by atoms with Crippen LogP contribution in [0.4, 0.5) is 0 Å². The fourth-order valence-corrected chi connectivity index (χ4v) is 2.15. The zero-order valence-electron chi connectivity index (χ0n) is 8.34. The predicted octanol–water partition coefficient (Wildman–Crippen LogP) is 1.52. The largest absolute Gasteiger partial charge is 0.325 e. The Bertz CT molecular complexity index is 124. The standard InChI is InChI=1S/C10H21N2/c1-3-10(11,4-2)9-5-7-12-8-6-9/h9H,3-8,11H2,1-2H3. The molecule has 0 spiro atoms. The van der Waals surface area contributed by atoms with Gasteiger partial charge in [0, 0.05) is 18.6 Å². The zero-order valence-corrected chi connectivity index (χ0v) is 8.34. The third kappa shape index (κ3) is 1.99. The maximum Gasteiger partial charge on any atom is 0.0178 e. The van der Waals surface area contributed by atoms with Gasteiger partial charge in [-0.15, -0.1) is 0 Å². The summed E-state index contributed by atoms with van der Waals surface area (Å²) in [6, 6.07) is 0. The molecule has 1 saturated heterocycles. The van der Waals surface area contributed by atoms with Crippen LogP contribution < -0.4 is 11.1 Å². The van der Waals surface area contributed by atoms with Crippen LogP contribution in [0.15, 0.2) is 0 Å². The predicted molar refractivity (Wildman–Crippen MR) is 52.1 cm³/mol. The van der Waals surface area contributed by atoms with Gasteiger partial charge in [-0.2, -0.15) is 0 Å². The average Bonchev–Trinajstić information content (AvgIpc) is 2.18. The first kappa shape index (κ1) is 10.0. The lowest BCUT2D eigenvalue weighted by Crippen LogP contribution is -2.48. The van der Waals surface area contributed by atoms with Crippen LogP contribution in [-0.4, -0.2) is 18.6 Å². The van der Waals surface area contributed by atoms with Gasteiger partial charge in [-0.3, -0.25) is 0 Å². The molecule has 1 fully saturated rings. The first-order valence-electron chi connectivity index (χ1n) is 5.15. The Balaban J connectivity index is 2.51. The minimum Gasteiger partial charge on any atom is -0.325 e. The van der Waals surface area contributed by atoms with Gasteiger partial charge in [-0.1, -0.05) is 13.8 Å². The van der Waals surface area contributed by atoms with Crippen molar-refractivity contribution in [3.8, 4) is 0 Å². The third-order valence-electron chi connectivity index (χ3n) is 3.40. The van der Waals surface area contributed by atoms with Crippen LogP contribution in [0.2, 0.25) is 0 Å². The second kappa shape index (κ2) is 4.24. The summed E-state index contributed by atoms with van der Waals surface area (Å²) in [6.07, 6.45) is 4.62. The molecule has 1 aliphatic heterocycles. The van der Waals surface area contributed by atoms with E-state index in [4.69, 9.17) is 5.73 Å². The molecule has 2 nitrogen and oxygen atoms in total. The Morgan fingerprint density at radius 3 is 2.17 bits per heavy atom. The first-order valence-corrected chi connectivity index (χ1v) is 5.15. The minimum atomic E-state index is 0.0932. The topological polar surface area (TPSA) is 40.1 Å². The van der Waals surface area contributed by atoms with Crippen molar-refractivity contribution in [3.63, 3.8) is 0 Å². The number of hydrogen-bond donors (Lipinski definition) is 1. The second-order valence-corrected chi connectivity index (χ2v) is 3.89. The Kier molecular flexibility index (Phi) is 3.53. The van der Waals surface area contributed by atoms with Crippen LogP contribution in [-0.2, 0) is 0 Å². The fraction of sp³-hybridized carbons (Fsp3) is 1.00. The van der Waals surface area contributed by atoms with E-state index in [1.807, 2.05) is 0 Å². The van der Waals surface area contributed by atoms with Gasteiger partial charge in [0.1, 0.15) is 0 Å². The van der Waals surface area contributed by atoms with E-state index in [1.54, 1.807) is 0 Å². The normalized spacial score (nSPS) is 21.2. The van der Waals surface area contributed by atoms with Gasteiger partial charge < -0.3 is 5.73 Å². The summed E-state index contributed by atoms with van der Waals surface area (Å²) in [4.78, 5) is 0. The summed E-state index contributed by atoms with van der Waals surface area (Å²) in [7, 11) is 0. The molecule has 0 atom stereocenters. The van der Waals surface area contributed by atoms with Crippen molar-refractivity contribution in [2.75, 3.05) is 13.1 Å². The van der Waals surface area contributed by atoms with Gasteiger partial charge in [0.25, 0.3) is 0 Å². The molecule has 0 aliphatic carbocycles. The molecule has 0 saturated carbocycles. The molecule has 1 radical (unpaired) electrons. The number of rotatable bonds is 3. The van der Waals surface area contributed by atoms with Gasteiger partial charge in [0.15, 0.2) is 0 Å². The van der Waals surface area contributed by atoms with Gasteiger partial charge in [0.05, 0.1) is 0 Å². The molecule has 0 unspecified atom stereocenters. The highest BCUT2D eigenvalue weighted by atomic mass is 14.9. The van der Waals surface area contributed by atoms with Crippen LogP contribution in [0.5, 0.6) is 0 Å². The van der Waals surface area contributed by atoms with Crippen LogP contribution in [0.3, 0.4) is 0 Å². The van der Waals surface area contributed by atoms with E-state index >= 15 is 0 Å². The molecule has 0 bridgehead atoms. The van der Waals surface area contributed by atoms with E-state index in [0.29, 0.717) is 5.92 Å². The highest BCUT2D eigenvalue weighted by Crippen LogP contribution is 2.29. The first-order chi connectivity index (χ1) is 5.73. The molecule has 1 heterocycles. The molecule has 12 heavy (non-hydrogen) atoms. The summed E-state index contributed by atoms with van der Waals surface area (Å²) in [6.45, 7) is 6.47. The van der Waals surface area contributed by atoms with Crippen molar-refractivity contribution in [3.05, 3.63) is 0 Å². The summed E-state index contributed by atoms with van der Waals surface area (Å²) in [5.41, 5.74) is 6.42. The summed E-state index contributed by atoms with van der Waals surface area (Å²) < 4.78 is 0. The van der Waals surface area contributed by atoms with E-state index in [1.165, 1.54) is 12.8 Å². The lowest BCUT2D eigenvalue weighted by atomic mass is 9.75. The summed E-state index contributed by atoms with van der Waals surface area (Å²) in [5.74, 6) is 0.713. The van der Waals surface area contributed by atoms with Gasteiger partial charge >= 0.3 is 0 Å². The van der Waals surface area contributed by atoms with Crippen LogP contribution >= 0.6 is 0 Å². The molecule has 0 aromatic rings. The fourth-order valence-electron chi connectivity index (χ4n) is 2.15. The molecule has 2 N–H and O–H groups in total. The SMILES string of the molecule is CCC(N)(CC)C1CC[N]CC1. The van der Waals surface area contributed by atoms with Crippen molar-refractivity contribution in [2.45, 2.75) is 45.1 Å². The maximum atomic E-state index is 6.33. The van der Waals surface area contributed by atoms with Crippen LogP contribution in [0, 0.1) is 5.92 Å². The summed E-state index contributed by atoms with van der Waals surface area (Å²) in [5, 5.41) is 4.35. The molecule has 0 aromatic heterocycles. The molecule has 71 valence electrons.